The third-order valence-electron chi connectivity index (χ3n) is 1.20. The van der Waals surface area contributed by atoms with Gasteiger partial charge in [-0.3, -0.25) is 0 Å². The Bertz CT molecular complexity index is 224. The van der Waals surface area contributed by atoms with Crippen LogP contribution in [0.4, 0.5) is 0 Å². The van der Waals surface area contributed by atoms with Gasteiger partial charge in [-0.25, -0.2) is 0 Å². The summed E-state index contributed by atoms with van der Waals surface area (Å²) in [5.41, 5.74) is 0. The lowest BCUT2D eigenvalue weighted by atomic mass is 10.4. The zero-order valence-electron chi connectivity index (χ0n) is 5.95. The van der Waals surface area contributed by atoms with Crippen LogP contribution in [-0.2, 0) is 4.52 Å². The first-order valence-electron chi connectivity index (χ1n) is 3.01. The van der Waals surface area contributed by atoms with Crippen LogP contribution in [0.1, 0.15) is 0 Å². The lowest BCUT2D eigenvalue weighted by Gasteiger charge is -2.20. The highest BCUT2D eigenvalue weighted by Crippen LogP contribution is 2.23. The number of halogens is 1. The van der Waals surface area contributed by atoms with E-state index >= 15 is 0 Å². The molecule has 0 aromatic heterocycles. The summed E-state index contributed by atoms with van der Waals surface area (Å²) in [6.07, 6.45) is 0. The Morgan fingerprint density at radius 1 is 1.36 bits per heavy atom. The Morgan fingerprint density at radius 2 is 1.91 bits per heavy atom. The molecule has 0 heterocycles. The molecule has 0 aliphatic heterocycles. The third-order valence-corrected chi connectivity index (χ3v) is 2.51. The Labute approximate surface area is 71.7 Å². The van der Waals surface area contributed by atoms with Crippen molar-refractivity contribution < 1.29 is 9.42 Å². The molecule has 0 saturated carbocycles. The monoisotopic (exact) mass is 189 g/mol. The van der Waals surface area contributed by atoms with Gasteiger partial charge >= 0.3 is 0 Å². The number of benzene rings is 1. The van der Waals surface area contributed by atoms with E-state index in [0.717, 1.165) is 0 Å². The van der Waals surface area contributed by atoms with Gasteiger partial charge in [0.15, 0.2) is 0 Å². The Hall–Kier alpha value is -0.140. The first kappa shape index (κ1) is 8.95. The molecule has 1 rings (SSSR count). The van der Waals surface area contributed by atoms with Gasteiger partial charge in [-0.05, 0) is 25.8 Å². The van der Waals surface area contributed by atoms with Crippen molar-refractivity contribution in [2.75, 3.05) is 7.11 Å². The summed E-state index contributed by atoms with van der Waals surface area (Å²) in [5, 5.41) is 1.29. The second-order valence-electron chi connectivity index (χ2n) is 1.92. The Morgan fingerprint density at radius 3 is 2.36 bits per heavy atom. The van der Waals surface area contributed by atoms with E-state index in [0.29, 0.717) is 10.3 Å². The number of hydrogen-bond donors (Lipinski definition) is 0. The van der Waals surface area contributed by atoms with E-state index in [4.69, 9.17) is 11.6 Å². The Balaban J connectivity index is 2.81. The third kappa shape index (κ3) is 2.42. The van der Waals surface area contributed by atoms with E-state index in [9.17, 15) is 4.89 Å². The SMILES string of the molecule is COP([O-])c1ccc(Cl)cc1. The van der Waals surface area contributed by atoms with E-state index in [-0.39, 0.29) is 0 Å². The smallest absolute Gasteiger partial charge is 0.0406 e. The molecular weight excluding hydrogens is 183 g/mol. The molecule has 0 aliphatic carbocycles. The normalized spacial score (nSPS) is 13.0. The molecule has 0 radical (unpaired) electrons. The van der Waals surface area contributed by atoms with Crippen molar-refractivity contribution in [1.82, 2.24) is 0 Å². The first-order valence-corrected chi connectivity index (χ1v) is 4.56. The summed E-state index contributed by atoms with van der Waals surface area (Å²) >= 11 is 5.62. The molecule has 1 atom stereocenters. The fourth-order valence-corrected chi connectivity index (χ4v) is 1.40. The van der Waals surface area contributed by atoms with Crippen molar-refractivity contribution in [1.29, 1.82) is 0 Å². The highest BCUT2D eigenvalue weighted by atomic mass is 35.5. The quantitative estimate of drug-likeness (QED) is 0.657. The van der Waals surface area contributed by atoms with Crippen molar-refractivity contribution >= 4 is 25.3 Å². The number of hydrogen-bond acceptors (Lipinski definition) is 2. The molecular formula is C7H7ClO2P-. The van der Waals surface area contributed by atoms with E-state index < -0.39 is 8.38 Å². The van der Waals surface area contributed by atoms with E-state index in [2.05, 4.69) is 4.52 Å². The molecule has 0 N–H and O–H groups in total. The summed E-state index contributed by atoms with van der Waals surface area (Å²) in [6.45, 7) is 0. The maximum absolute atomic E-state index is 11.0. The van der Waals surface area contributed by atoms with E-state index in [1.54, 1.807) is 24.3 Å². The second-order valence-corrected chi connectivity index (χ2v) is 3.75. The van der Waals surface area contributed by atoms with Crippen molar-refractivity contribution in [2.45, 2.75) is 0 Å². The van der Waals surface area contributed by atoms with Crippen molar-refractivity contribution in [3.05, 3.63) is 29.3 Å². The van der Waals surface area contributed by atoms with E-state index in [1.165, 1.54) is 7.11 Å². The standard InChI is InChI=1S/C7H7ClO2P/c1-10-11(9)7-4-2-6(8)3-5-7/h2-5H,1H3/q-1. The summed E-state index contributed by atoms with van der Waals surface area (Å²) in [5.74, 6) is 0. The molecule has 11 heavy (non-hydrogen) atoms. The maximum Gasteiger partial charge on any atom is 0.0406 e. The van der Waals surface area contributed by atoms with Crippen LogP contribution in [-0.4, -0.2) is 7.11 Å². The van der Waals surface area contributed by atoms with Crippen LogP contribution in [0.5, 0.6) is 0 Å². The van der Waals surface area contributed by atoms with Gasteiger partial charge in [-0.2, -0.15) is 0 Å². The van der Waals surface area contributed by atoms with Gasteiger partial charge in [0.05, 0.1) is 0 Å². The summed E-state index contributed by atoms with van der Waals surface area (Å²) in [6, 6.07) is 6.74. The highest BCUT2D eigenvalue weighted by Gasteiger charge is 1.94. The highest BCUT2D eigenvalue weighted by molar-refractivity contribution is 7.53. The van der Waals surface area contributed by atoms with Crippen LogP contribution in [0, 0.1) is 0 Å². The molecule has 0 bridgehead atoms. The molecule has 60 valence electrons. The topological polar surface area (TPSA) is 32.3 Å². The Kier molecular flexibility index (Phi) is 3.28. The maximum atomic E-state index is 11.0. The molecule has 0 spiro atoms. The van der Waals surface area contributed by atoms with Crippen molar-refractivity contribution in [3.63, 3.8) is 0 Å². The van der Waals surface area contributed by atoms with Gasteiger partial charge in [-0.1, -0.05) is 23.7 Å². The van der Waals surface area contributed by atoms with Crippen LogP contribution in [0.2, 0.25) is 5.02 Å². The average Bonchev–Trinajstić information content (AvgIpc) is 2.05. The average molecular weight is 190 g/mol. The first-order chi connectivity index (χ1) is 5.24. The molecule has 2 nitrogen and oxygen atoms in total. The largest absolute Gasteiger partial charge is 0.804 e. The molecule has 1 unspecified atom stereocenters. The molecule has 1 aromatic carbocycles. The fraction of sp³-hybridized carbons (Fsp3) is 0.143. The lowest BCUT2D eigenvalue weighted by Crippen LogP contribution is -2.10. The minimum absolute atomic E-state index is 0.633. The van der Waals surface area contributed by atoms with Gasteiger partial charge in [0.1, 0.15) is 0 Å². The predicted octanol–water partition coefficient (Wildman–Crippen LogP) is 1.28. The van der Waals surface area contributed by atoms with Gasteiger partial charge in [0.2, 0.25) is 0 Å². The molecule has 1 aromatic rings. The van der Waals surface area contributed by atoms with Crippen LogP contribution < -0.4 is 10.2 Å². The molecule has 0 saturated heterocycles. The molecule has 0 aliphatic rings. The predicted molar refractivity (Wildman–Crippen MR) is 45.0 cm³/mol. The van der Waals surface area contributed by atoms with Gasteiger partial charge in [0, 0.05) is 12.1 Å². The van der Waals surface area contributed by atoms with Gasteiger partial charge in [0.25, 0.3) is 0 Å². The molecule has 4 heteroatoms. The summed E-state index contributed by atoms with van der Waals surface area (Å²) < 4.78 is 4.64. The summed E-state index contributed by atoms with van der Waals surface area (Å²) in [4.78, 5) is 11.0. The van der Waals surface area contributed by atoms with Crippen LogP contribution in [0.25, 0.3) is 0 Å². The van der Waals surface area contributed by atoms with Crippen LogP contribution in [0.15, 0.2) is 24.3 Å². The van der Waals surface area contributed by atoms with E-state index in [1.807, 2.05) is 0 Å². The minimum Gasteiger partial charge on any atom is -0.804 e. The van der Waals surface area contributed by atoms with Gasteiger partial charge in [-0.15, -0.1) is 0 Å². The lowest BCUT2D eigenvalue weighted by molar-refractivity contribution is -0.174. The van der Waals surface area contributed by atoms with Crippen molar-refractivity contribution in [3.8, 4) is 0 Å². The number of rotatable bonds is 2. The zero-order valence-corrected chi connectivity index (χ0v) is 7.60. The van der Waals surface area contributed by atoms with Crippen LogP contribution >= 0.6 is 20.0 Å². The van der Waals surface area contributed by atoms with Crippen LogP contribution in [0.3, 0.4) is 0 Å². The second kappa shape index (κ2) is 4.03. The molecule has 0 amide bonds. The van der Waals surface area contributed by atoms with Crippen molar-refractivity contribution in [2.24, 2.45) is 0 Å². The zero-order chi connectivity index (χ0) is 8.27. The summed E-state index contributed by atoms with van der Waals surface area (Å²) in [7, 11) is -0.284. The van der Waals surface area contributed by atoms with Gasteiger partial charge < -0.3 is 9.42 Å². The minimum atomic E-state index is -1.69. The molecule has 0 fully saturated rings. The fourth-order valence-electron chi connectivity index (χ4n) is 0.668.